The molecule has 1 aromatic heterocycles. The average Bonchev–Trinajstić information content (AvgIpc) is 2.97. The molecule has 0 radical (unpaired) electrons. The lowest BCUT2D eigenvalue weighted by atomic mass is 10.1. The van der Waals surface area contributed by atoms with Crippen molar-refractivity contribution in [1.82, 2.24) is 9.47 Å². The summed E-state index contributed by atoms with van der Waals surface area (Å²) in [6, 6.07) is 9.81. The second kappa shape index (κ2) is 5.75. The van der Waals surface area contributed by atoms with Crippen LogP contribution in [0.1, 0.15) is 24.2 Å². The van der Waals surface area contributed by atoms with Crippen LogP contribution in [0.25, 0.3) is 0 Å². The SMILES string of the molecule is COc1ccc(C)cc1NC(=O)N1CCn2cccc2[C@H]1C. The van der Waals surface area contributed by atoms with E-state index in [1.807, 2.05) is 36.1 Å². The number of benzene rings is 1. The Morgan fingerprint density at radius 2 is 2.14 bits per heavy atom. The van der Waals surface area contributed by atoms with Crippen LogP contribution < -0.4 is 10.1 Å². The Balaban J connectivity index is 1.80. The zero-order chi connectivity index (χ0) is 15.7. The summed E-state index contributed by atoms with van der Waals surface area (Å²) in [5.41, 5.74) is 2.95. The Morgan fingerprint density at radius 1 is 1.32 bits per heavy atom. The van der Waals surface area contributed by atoms with Crippen LogP contribution in [0.5, 0.6) is 5.75 Å². The van der Waals surface area contributed by atoms with Crippen molar-refractivity contribution in [2.45, 2.75) is 26.4 Å². The first-order valence-corrected chi connectivity index (χ1v) is 7.47. The van der Waals surface area contributed by atoms with Gasteiger partial charge in [0.1, 0.15) is 5.75 Å². The van der Waals surface area contributed by atoms with Gasteiger partial charge in [-0.25, -0.2) is 4.79 Å². The Morgan fingerprint density at radius 3 is 2.91 bits per heavy atom. The number of ether oxygens (including phenoxy) is 1. The van der Waals surface area contributed by atoms with Gasteiger partial charge in [-0.2, -0.15) is 0 Å². The number of nitrogens with one attached hydrogen (secondary N) is 1. The number of hydrogen-bond acceptors (Lipinski definition) is 2. The zero-order valence-electron chi connectivity index (χ0n) is 13.2. The molecule has 1 atom stereocenters. The first kappa shape index (κ1) is 14.5. The van der Waals surface area contributed by atoms with Crippen LogP contribution in [0, 0.1) is 6.92 Å². The van der Waals surface area contributed by atoms with E-state index >= 15 is 0 Å². The molecule has 2 heterocycles. The molecule has 0 saturated carbocycles. The molecule has 0 unspecified atom stereocenters. The Labute approximate surface area is 130 Å². The maximum atomic E-state index is 12.6. The fourth-order valence-electron chi connectivity index (χ4n) is 2.96. The molecule has 5 heteroatoms. The molecule has 116 valence electrons. The largest absolute Gasteiger partial charge is 0.495 e. The third-order valence-corrected chi connectivity index (χ3v) is 4.20. The van der Waals surface area contributed by atoms with Gasteiger partial charge in [-0.1, -0.05) is 6.07 Å². The second-order valence-corrected chi connectivity index (χ2v) is 5.63. The van der Waals surface area contributed by atoms with Crippen molar-refractivity contribution in [1.29, 1.82) is 0 Å². The van der Waals surface area contributed by atoms with Gasteiger partial charge in [0.05, 0.1) is 18.8 Å². The van der Waals surface area contributed by atoms with Gasteiger partial charge in [-0.3, -0.25) is 0 Å². The lowest BCUT2D eigenvalue weighted by Crippen LogP contribution is -2.43. The Hall–Kier alpha value is -2.43. The van der Waals surface area contributed by atoms with Crippen molar-refractivity contribution in [3.8, 4) is 5.75 Å². The van der Waals surface area contributed by atoms with Gasteiger partial charge < -0.3 is 19.5 Å². The van der Waals surface area contributed by atoms with Gasteiger partial charge in [0.25, 0.3) is 0 Å². The molecule has 1 N–H and O–H groups in total. The predicted octanol–water partition coefficient (Wildman–Crippen LogP) is 3.41. The summed E-state index contributed by atoms with van der Waals surface area (Å²) in [6.07, 6.45) is 2.06. The summed E-state index contributed by atoms with van der Waals surface area (Å²) in [4.78, 5) is 14.5. The third-order valence-electron chi connectivity index (χ3n) is 4.20. The van der Waals surface area contributed by atoms with Crippen molar-refractivity contribution < 1.29 is 9.53 Å². The maximum Gasteiger partial charge on any atom is 0.322 e. The summed E-state index contributed by atoms with van der Waals surface area (Å²) >= 11 is 0. The van der Waals surface area contributed by atoms with Crippen LogP contribution in [0.15, 0.2) is 36.5 Å². The molecule has 0 fully saturated rings. The standard InChI is InChI=1S/C17H21N3O2/c1-12-6-7-16(22-3)14(11-12)18-17(21)20-10-9-19-8-4-5-15(19)13(20)2/h4-8,11,13H,9-10H2,1-3H3,(H,18,21)/t13-/m1/s1. The van der Waals surface area contributed by atoms with Crippen molar-refractivity contribution >= 4 is 11.7 Å². The fraction of sp³-hybridized carbons (Fsp3) is 0.353. The summed E-state index contributed by atoms with van der Waals surface area (Å²) < 4.78 is 7.52. The highest BCUT2D eigenvalue weighted by Crippen LogP contribution is 2.29. The molecule has 0 spiro atoms. The minimum Gasteiger partial charge on any atom is -0.495 e. The van der Waals surface area contributed by atoms with E-state index in [1.54, 1.807) is 7.11 Å². The molecule has 22 heavy (non-hydrogen) atoms. The van der Waals surface area contributed by atoms with Gasteiger partial charge in [-0.05, 0) is 43.7 Å². The zero-order valence-corrected chi connectivity index (χ0v) is 13.2. The van der Waals surface area contributed by atoms with Crippen LogP contribution in [0.4, 0.5) is 10.5 Å². The number of aromatic nitrogens is 1. The molecule has 0 saturated heterocycles. The van der Waals surface area contributed by atoms with E-state index in [2.05, 4.69) is 29.1 Å². The third kappa shape index (κ3) is 2.54. The van der Waals surface area contributed by atoms with E-state index in [1.165, 1.54) is 0 Å². The summed E-state index contributed by atoms with van der Waals surface area (Å²) in [7, 11) is 1.61. The van der Waals surface area contributed by atoms with Crippen LogP contribution in [0.3, 0.4) is 0 Å². The number of anilines is 1. The molecule has 0 aliphatic carbocycles. The highest BCUT2D eigenvalue weighted by molar-refractivity contribution is 5.91. The van der Waals surface area contributed by atoms with Crippen molar-refractivity contribution in [2.24, 2.45) is 0 Å². The second-order valence-electron chi connectivity index (χ2n) is 5.63. The number of aryl methyl sites for hydroxylation is 1. The molecule has 1 aliphatic rings. The molecule has 0 bridgehead atoms. The van der Waals surface area contributed by atoms with Gasteiger partial charge in [0, 0.05) is 25.0 Å². The number of methoxy groups -OCH3 is 1. The number of urea groups is 1. The van der Waals surface area contributed by atoms with E-state index in [-0.39, 0.29) is 12.1 Å². The number of rotatable bonds is 2. The fourth-order valence-corrected chi connectivity index (χ4v) is 2.96. The average molecular weight is 299 g/mol. The van der Waals surface area contributed by atoms with E-state index in [4.69, 9.17) is 4.74 Å². The van der Waals surface area contributed by atoms with E-state index in [9.17, 15) is 4.79 Å². The summed E-state index contributed by atoms with van der Waals surface area (Å²) in [6.45, 7) is 5.57. The molecule has 1 aliphatic heterocycles. The topological polar surface area (TPSA) is 46.5 Å². The minimum absolute atomic E-state index is 0.0551. The van der Waals surface area contributed by atoms with E-state index < -0.39 is 0 Å². The van der Waals surface area contributed by atoms with Crippen LogP contribution in [-0.2, 0) is 6.54 Å². The molecular formula is C17H21N3O2. The number of carbonyl (C=O) groups excluding carboxylic acids is 1. The van der Waals surface area contributed by atoms with Gasteiger partial charge in [0.15, 0.2) is 0 Å². The van der Waals surface area contributed by atoms with Crippen LogP contribution >= 0.6 is 0 Å². The summed E-state index contributed by atoms with van der Waals surface area (Å²) in [5, 5.41) is 2.98. The minimum atomic E-state index is -0.0937. The molecule has 3 rings (SSSR count). The van der Waals surface area contributed by atoms with Gasteiger partial charge in [0.2, 0.25) is 0 Å². The molecule has 2 aromatic rings. The molecule has 2 amide bonds. The van der Waals surface area contributed by atoms with Crippen LogP contribution in [-0.4, -0.2) is 29.2 Å². The molecule has 1 aromatic carbocycles. The highest BCUT2D eigenvalue weighted by atomic mass is 16.5. The first-order valence-electron chi connectivity index (χ1n) is 7.47. The smallest absolute Gasteiger partial charge is 0.322 e. The van der Waals surface area contributed by atoms with Crippen molar-refractivity contribution in [3.63, 3.8) is 0 Å². The monoisotopic (exact) mass is 299 g/mol. The molecular weight excluding hydrogens is 278 g/mol. The molecule has 5 nitrogen and oxygen atoms in total. The quantitative estimate of drug-likeness (QED) is 0.923. The van der Waals surface area contributed by atoms with Crippen LogP contribution in [0.2, 0.25) is 0 Å². The lowest BCUT2D eigenvalue weighted by molar-refractivity contribution is 0.175. The lowest BCUT2D eigenvalue weighted by Gasteiger charge is -2.35. The number of carbonyl (C=O) groups is 1. The highest BCUT2D eigenvalue weighted by Gasteiger charge is 2.27. The summed E-state index contributed by atoms with van der Waals surface area (Å²) in [5.74, 6) is 0.673. The van der Waals surface area contributed by atoms with E-state index in [0.29, 0.717) is 18.0 Å². The normalized spacial score (nSPS) is 17.0. The maximum absolute atomic E-state index is 12.6. The first-order chi connectivity index (χ1) is 10.6. The number of hydrogen-bond donors (Lipinski definition) is 1. The van der Waals surface area contributed by atoms with E-state index in [0.717, 1.165) is 17.8 Å². The van der Waals surface area contributed by atoms with Crippen molar-refractivity contribution in [3.05, 3.63) is 47.8 Å². The Bertz CT molecular complexity index is 693. The Kier molecular flexibility index (Phi) is 3.79. The number of fused-ring (bicyclic) bond motifs is 1. The van der Waals surface area contributed by atoms with Crippen molar-refractivity contribution in [2.75, 3.05) is 19.0 Å². The predicted molar refractivity (Wildman–Crippen MR) is 86.3 cm³/mol. The number of amides is 2. The van der Waals surface area contributed by atoms with Gasteiger partial charge >= 0.3 is 6.03 Å². The van der Waals surface area contributed by atoms with Gasteiger partial charge in [-0.15, -0.1) is 0 Å². The number of nitrogens with zero attached hydrogens (tertiary/aromatic N) is 2.